The minimum absolute atomic E-state index is 0.214. The number of amides is 3. The molecular weight excluding hydrogens is 536 g/mol. The van der Waals surface area contributed by atoms with Crippen LogP contribution in [0, 0.1) is 5.92 Å². The lowest BCUT2D eigenvalue weighted by Crippen LogP contribution is -2.33. The van der Waals surface area contributed by atoms with Gasteiger partial charge in [-0.3, -0.25) is 28.7 Å². The number of hydrogen-bond donors (Lipinski definition) is 1. The molecule has 3 amide bonds. The van der Waals surface area contributed by atoms with Gasteiger partial charge in [-0.15, -0.1) is 0 Å². The molecule has 2 aliphatic rings. The number of anilines is 2. The van der Waals surface area contributed by atoms with Crippen LogP contribution in [-0.4, -0.2) is 39.6 Å². The van der Waals surface area contributed by atoms with E-state index in [4.69, 9.17) is 4.74 Å². The number of aromatic nitrogens is 2. The summed E-state index contributed by atoms with van der Waals surface area (Å²) in [6.45, 7) is -0.214. The number of methoxy groups -OCH3 is 1. The van der Waals surface area contributed by atoms with E-state index in [1.54, 1.807) is 74.1 Å². The quantitative estimate of drug-likeness (QED) is 0.359. The van der Waals surface area contributed by atoms with Crippen LogP contribution in [0.25, 0.3) is 0 Å². The van der Waals surface area contributed by atoms with Gasteiger partial charge in [0.2, 0.25) is 17.7 Å². The summed E-state index contributed by atoms with van der Waals surface area (Å²) in [4.78, 5) is 59.5. The third-order valence-corrected chi connectivity index (χ3v) is 9.39. The maximum absolute atomic E-state index is 13.9. The lowest BCUT2D eigenvalue weighted by atomic mass is 9.84. The highest BCUT2D eigenvalue weighted by Gasteiger charge is 2.56. The highest BCUT2D eigenvalue weighted by Crippen LogP contribution is 2.53. The zero-order valence-corrected chi connectivity index (χ0v) is 22.3. The predicted octanol–water partition coefficient (Wildman–Crippen LogP) is 3.75. The molecule has 1 N–H and O–H groups in total. The average Bonchev–Trinajstić information content (AvgIpc) is 3.40. The van der Waals surface area contributed by atoms with E-state index in [0.717, 1.165) is 16.9 Å². The van der Waals surface area contributed by atoms with E-state index < -0.39 is 17.1 Å². The minimum Gasteiger partial charge on any atom is -0.497 e. The molecule has 1 saturated heterocycles. The number of benzene rings is 2. The summed E-state index contributed by atoms with van der Waals surface area (Å²) in [6, 6.07) is 19.3. The Morgan fingerprint density at radius 3 is 2.46 bits per heavy atom. The molecule has 2 aliphatic heterocycles. The lowest BCUT2D eigenvalue weighted by Gasteiger charge is -2.30. The van der Waals surface area contributed by atoms with Gasteiger partial charge in [0.15, 0.2) is 0 Å². The highest BCUT2D eigenvalue weighted by molar-refractivity contribution is 8.00. The SMILES string of the molecule is COc1ccc(N2C(=O)C3Sc4c(sc(=O)n4CC(=O)Nc4ccccc4)C(c4cccnc4)C3C2=O)cc1. The third kappa shape index (κ3) is 4.43. The molecule has 39 heavy (non-hydrogen) atoms. The van der Waals surface area contributed by atoms with Gasteiger partial charge in [0.25, 0.3) is 0 Å². The van der Waals surface area contributed by atoms with E-state index >= 15 is 0 Å². The number of nitrogens with one attached hydrogen (secondary N) is 1. The van der Waals surface area contributed by atoms with E-state index in [-0.39, 0.29) is 29.1 Å². The average molecular weight is 559 g/mol. The maximum atomic E-state index is 13.9. The third-order valence-electron chi connectivity index (χ3n) is 6.78. The van der Waals surface area contributed by atoms with Crippen LogP contribution in [0.15, 0.2) is 88.9 Å². The zero-order chi connectivity index (χ0) is 27.1. The number of thiazole rings is 1. The fourth-order valence-electron chi connectivity index (χ4n) is 5.03. The summed E-state index contributed by atoms with van der Waals surface area (Å²) < 4.78 is 6.62. The molecule has 6 rings (SSSR count). The molecule has 0 spiro atoms. The maximum Gasteiger partial charge on any atom is 0.308 e. The van der Waals surface area contributed by atoms with Crippen molar-refractivity contribution >= 4 is 52.2 Å². The molecule has 11 heteroatoms. The van der Waals surface area contributed by atoms with Crippen LogP contribution in [0.1, 0.15) is 16.4 Å². The van der Waals surface area contributed by atoms with E-state index in [2.05, 4.69) is 10.3 Å². The number of nitrogens with zero attached hydrogens (tertiary/aromatic N) is 3. The van der Waals surface area contributed by atoms with E-state index in [1.165, 1.54) is 21.2 Å². The van der Waals surface area contributed by atoms with E-state index in [9.17, 15) is 19.2 Å². The second-order valence-corrected chi connectivity index (χ2v) is 11.2. The normalized spacial score (nSPS) is 19.9. The Labute approximate surface area is 231 Å². The van der Waals surface area contributed by atoms with Crippen molar-refractivity contribution in [3.63, 3.8) is 0 Å². The van der Waals surface area contributed by atoms with Crippen LogP contribution in [-0.2, 0) is 20.9 Å². The fraction of sp³-hybridized carbons (Fsp3) is 0.179. The Bertz CT molecular complexity index is 1620. The summed E-state index contributed by atoms with van der Waals surface area (Å²) >= 11 is 2.18. The van der Waals surface area contributed by atoms with Crippen molar-refractivity contribution < 1.29 is 19.1 Å². The molecule has 3 unspecified atom stereocenters. The van der Waals surface area contributed by atoms with Gasteiger partial charge in [-0.2, -0.15) is 0 Å². The molecule has 196 valence electrons. The molecule has 2 aromatic carbocycles. The predicted molar refractivity (Wildman–Crippen MR) is 148 cm³/mol. The number of rotatable bonds is 6. The molecule has 0 saturated carbocycles. The van der Waals surface area contributed by atoms with Crippen LogP contribution < -0.4 is 19.8 Å². The summed E-state index contributed by atoms with van der Waals surface area (Å²) in [5, 5.41) is 2.56. The molecule has 1 fully saturated rings. The molecule has 3 atom stereocenters. The minimum atomic E-state index is -0.769. The number of ether oxygens (including phenoxy) is 1. The number of carbonyl (C=O) groups excluding carboxylic acids is 3. The monoisotopic (exact) mass is 558 g/mol. The van der Waals surface area contributed by atoms with Gasteiger partial charge >= 0.3 is 4.87 Å². The number of thioether (sulfide) groups is 1. The van der Waals surface area contributed by atoms with Gasteiger partial charge in [0.05, 0.1) is 23.7 Å². The Kier molecular flexibility index (Phi) is 6.53. The van der Waals surface area contributed by atoms with E-state index in [0.29, 0.717) is 27.0 Å². The van der Waals surface area contributed by atoms with Gasteiger partial charge in [-0.1, -0.05) is 47.4 Å². The zero-order valence-electron chi connectivity index (χ0n) is 20.6. The van der Waals surface area contributed by atoms with Crippen molar-refractivity contribution in [2.75, 3.05) is 17.3 Å². The first-order chi connectivity index (χ1) is 19.0. The van der Waals surface area contributed by atoms with Gasteiger partial charge in [-0.25, -0.2) is 4.90 Å². The van der Waals surface area contributed by atoms with Crippen LogP contribution in [0.2, 0.25) is 0 Å². The second kappa shape index (κ2) is 10.2. The number of carbonyl (C=O) groups is 3. The number of para-hydroxylation sites is 1. The van der Waals surface area contributed by atoms with Crippen molar-refractivity contribution in [3.8, 4) is 5.75 Å². The molecule has 0 aliphatic carbocycles. The molecule has 0 bridgehead atoms. The van der Waals surface area contributed by atoms with Crippen LogP contribution in [0.4, 0.5) is 11.4 Å². The van der Waals surface area contributed by atoms with Crippen molar-refractivity contribution in [2.24, 2.45) is 5.92 Å². The Morgan fingerprint density at radius 2 is 1.77 bits per heavy atom. The van der Waals surface area contributed by atoms with Gasteiger partial charge in [0.1, 0.15) is 17.5 Å². The molecule has 2 aromatic heterocycles. The van der Waals surface area contributed by atoms with Crippen LogP contribution in [0.5, 0.6) is 5.75 Å². The Morgan fingerprint density at radius 1 is 1.00 bits per heavy atom. The smallest absolute Gasteiger partial charge is 0.308 e. The lowest BCUT2D eigenvalue weighted by molar-refractivity contribution is -0.122. The summed E-state index contributed by atoms with van der Waals surface area (Å²) in [7, 11) is 1.54. The fourth-order valence-corrected chi connectivity index (χ4v) is 7.80. The Balaban J connectivity index is 1.40. The van der Waals surface area contributed by atoms with Crippen molar-refractivity contribution in [1.82, 2.24) is 9.55 Å². The summed E-state index contributed by atoms with van der Waals surface area (Å²) in [5.74, 6) is -1.74. The summed E-state index contributed by atoms with van der Waals surface area (Å²) in [5.41, 5.74) is 1.80. The first-order valence-corrected chi connectivity index (χ1v) is 13.8. The Hall–Kier alpha value is -4.22. The molecular formula is C28H22N4O5S2. The topological polar surface area (TPSA) is 111 Å². The second-order valence-electron chi connectivity index (χ2n) is 9.08. The first-order valence-electron chi connectivity index (χ1n) is 12.1. The number of hydrogen-bond acceptors (Lipinski definition) is 8. The largest absolute Gasteiger partial charge is 0.497 e. The van der Waals surface area contributed by atoms with Crippen molar-refractivity contribution in [2.45, 2.75) is 22.7 Å². The molecule has 0 radical (unpaired) electrons. The standard InChI is InChI=1S/C28H22N4O5S2/c1-37-19-11-9-18(10-12-19)32-25(34)22-21(16-6-5-13-29-14-16)24-27(38-23(22)26(32)35)31(28(36)39-24)15-20(33)30-17-7-3-2-4-8-17/h2-14,21-23H,15H2,1H3,(H,30,33). The number of imide groups is 1. The van der Waals surface area contributed by atoms with E-state index in [1.807, 2.05) is 12.1 Å². The van der Waals surface area contributed by atoms with Crippen molar-refractivity contribution in [1.29, 1.82) is 0 Å². The summed E-state index contributed by atoms with van der Waals surface area (Å²) in [6.07, 6.45) is 3.29. The van der Waals surface area contributed by atoms with Crippen LogP contribution >= 0.6 is 23.1 Å². The molecule has 4 heterocycles. The first kappa shape index (κ1) is 25.1. The number of pyridine rings is 1. The van der Waals surface area contributed by atoms with Gasteiger partial charge in [-0.05, 0) is 48.0 Å². The van der Waals surface area contributed by atoms with Crippen LogP contribution in [0.3, 0.4) is 0 Å². The molecule has 4 aromatic rings. The van der Waals surface area contributed by atoms with Crippen molar-refractivity contribution in [3.05, 3.63) is 99.2 Å². The van der Waals surface area contributed by atoms with Gasteiger partial charge < -0.3 is 10.1 Å². The highest BCUT2D eigenvalue weighted by atomic mass is 32.2. The molecule has 9 nitrogen and oxygen atoms in total. The van der Waals surface area contributed by atoms with Gasteiger partial charge in [0, 0.05) is 28.9 Å². The number of fused-ring (bicyclic) bond motifs is 2.